The van der Waals surface area contributed by atoms with Gasteiger partial charge < -0.3 is 21.1 Å². The number of hydrogen-bond acceptors (Lipinski definition) is 7. The van der Waals surface area contributed by atoms with E-state index in [-0.39, 0.29) is 17.8 Å². The predicted octanol–water partition coefficient (Wildman–Crippen LogP) is 3.80. The van der Waals surface area contributed by atoms with E-state index in [1.54, 1.807) is 6.07 Å². The molecule has 9 heteroatoms. The summed E-state index contributed by atoms with van der Waals surface area (Å²) < 4.78 is 15.1. The van der Waals surface area contributed by atoms with Crippen molar-refractivity contribution >= 4 is 17.3 Å². The molecule has 0 bridgehead atoms. The van der Waals surface area contributed by atoms with E-state index in [0.717, 1.165) is 47.1 Å². The highest BCUT2D eigenvalue weighted by Crippen LogP contribution is 2.42. The number of nitrogens with one attached hydrogen (secondary N) is 3. The lowest BCUT2D eigenvalue weighted by molar-refractivity contribution is 0.0883. The van der Waals surface area contributed by atoms with Crippen LogP contribution in [-0.2, 0) is 6.54 Å². The highest BCUT2D eigenvalue weighted by Gasteiger charge is 2.28. The number of aromatic nitrogens is 4. The third-order valence-electron chi connectivity index (χ3n) is 7.10. The summed E-state index contributed by atoms with van der Waals surface area (Å²) in [7, 11) is 0. The molecule has 3 aromatic heterocycles. The number of benzene rings is 1. The fourth-order valence-electron chi connectivity index (χ4n) is 4.78. The van der Waals surface area contributed by atoms with Gasteiger partial charge >= 0.3 is 0 Å². The minimum absolute atomic E-state index is 0.197. The maximum atomic E-state index is 13.2. The number of aliphatic hydroxyl groups is 1. The van der Waals surface area contributed by atoms with Gasteiger partial charge in [-0.2, -0.15) is 9.61 Å². The van der Waals surface area contributed by atoms with Crippen LogP contribution in [0.3, 0.4) is 0 Å². The van der Waals surface area contributed by atoms with Crippen LogP contribution in [0.15, 0.2) is 54.9 Å². The second-order valence-electron chi connectivity index (χ2n) is 9.75. The zero-order valence-electron chi connectivity index (χ0n) is 20.0. The van der Waals surface area contributed by atoms with Crippen LogP contribution in [0.4, 0.5) is 16.0 Å². The average molecular weight is 488 g/mol. The number of nitrogens with zero attached hydrogens (tertiary/aromatic N) is 4. The Morgan fingerprint density at radius 3 is 2.67 bits per heavy atom. The molecule has 8 nitrogen and oxygen atoms in total. The number of aliphatic hydroxyl groups excluding tert-OH is 1. The molecule has 4 heterocycles. The van der Waals surface area contributed by atoms with E-state index in [1.807, 2.05) is 41.0 Å². The topological polar surface area (TPSA) is 99.4 Å². The van der Waals surface area contributed by atoms with Gasteiger partial charge in [-0.05, 0) is 49.4 Å². The zero-order chi connectivity index (χ0) is 24.5. The van der Waals surface area contributed by atoms with Crippen LogP contribution in [0, 0.1) is 11.7 Å². The van der Waals surface area contributed by atoms with Gasteiger partial charge in [0, 0.05) is 42.7 Å². The Labute approximate surface area is 209 Å². The Morgan fingerprint density at radius 1 is 1.06 bits per heavy atom. The van der Waals surface area contributed by atoms with E-state index in [9.17, 15) is 9.50 Å². The van der Waals surface area contributed by atoms with Crippen LogP contribution in [0.2, 0.25) is 0 Å². The van der Waals surface area contributed by atoms with Crippen molar-refractivity contribution in [2.45, 2.75) is 37.8 Å². The van der Waals surface area contributed by atoms with Crippen molar-refractivity contribution in [2.75, 3.05) is 30.3 Å². The van der Waals surface area contributed by atoms with Crippen LogP contribution < -0.4 is 16.0 Å². The van der Waals surface area contributed by atoms with Crippen molar-refractivity contribution in [2.24, 2.45) is 5.92 Å². The second-order valence-corrected chi connectivity index (χ2v) is 9.75. The van der Waals surface area contributed by atoms with E-state index >= 15 is 0 Å². The number of anilines is 2. The number of β-amino-alcohol motifs (C(OH)–C–C–N with tert-alkyl or cyclic N) is 1. The van der Waals surface area contributed by atoms with Gasteiger partial charge in [0.2, 0.25) is 0 Å². The monoisotopic (exact) mass is 487 g/mol. The summed E-state index contributed by atoms with van der Waals surface area (Å²) in [6.45, 7) is 2.85. The maximum absolute atomic E-state index is 13.2. The molecule has 1 aromatic carbocycles. The van der Waals surface area contributed by atoms with E-state index in [1.165, 1.54) is 30.7 Å². The van der Waals surface area contributed by atoms with Gasteiger partial charge in [-0.15, -0.1) is 0 Å². The van der Waals surface area contributed by atoms with Crippen molar-refractivity contribution in [3.05, 3.63) is 71.8 Å². The highest BCUT2D eigenvalue weighted by atomic mass is 19.1. The summed E-state index contributed by atoms with van der Waals surface area (Å²) in [5.74, 6) is 2.05. The van der Waals surface area contributed by atoms with Crippen molar-refractivity contribution in [1.82, 2.24) is 24.9 Å². The smallest absolute Gasteiger partial charge is 0.163 e. The minimum atomic E-state index is -0.349. The molecule has 2 atom stereocenters. The summed E-state index contributed by atoms with van der Waals surface area (Å²) >= 11 is 0. The van der Waals surface area contributed by atoms with Crippen molar-refractivity contribution in [3.63, 3.8) is 0 Å². The van der Waals surface area contributed by atoms with Gasteiger partial charge in [0.05, 0.1) is 24.2 Å². The third kappa shape index (κ3) is 4.89. The molecule has 2 aliphatic rings. The Balaban J connectivity index is 1.20. The molecule has 1 saturated heterocycles. The molecule has 0 unspecified atom stereocenters. The first kappa shape index (κ1) is 22.9. The molecular weight excluding hydrogens is 457 g/mol. The predicted molar refractivity (Wildman–Crippen MR) is 137 cm³/mol. The lowest BCUT2D eigenvalue weighted by Gasteiger charge is -2.28. The fourth-order valence-corrected chi connectivity index (χ4v) is 4.78. The first-order valence-electron chi connectivity index (χ1n) is 12.6. The fraction of sp³-hybridized carbons (Fsp3) is 0.370. The summed E-state index contributed by atoms with van der Waals surface area (Å²) in [5, 5.41) is 25.2. The Hall–Kier alpha value is -3.56. The first-order valence-corrected chi connectivity index (χ1v) is 12.6. The van der Waals surface area contributed by atoms with Gasteiger partial charge in [-0.1, -0.05) is 24.3 Å². The van der Waals surface area contributed by atoms with E-state index < -0.39 is 0 Å². The SMILES string of the molecule is O[C@H]1CNCC[C@@H]1CNc1cc(NCc2ccc(-c3ccc(F)cn3)cc2)n2ncc(C3CC3)c2n1. The molecule has 0 spiro atoms. The molecule has 4 N–H and O–H groups in total. The standard InChI is InChI=1S/C27H30FN7O/c28-21-7-8-23(30-14-21)19-3-1-17(2-4-19)12-32-26-11-25(31-13-20-9-10-29-16-24(20)36)34-27-22(18-5-6-18)15-33-35(26)27/h1-4,7-8,11,14-15,18,20,24,29,32,36H,5-6,9-10,12-13,16H2,(H,31,34)/t20-,24+/m1/s1. The summed E-state index contributed by atoms with van der Waals surface area (Å²) in [6, 6.07) is 13.2. The van der Waals surface area contributed by atoms with Gasteiger partial charge in [-0.25, -0.2) is 9.37 Å². The number of rotatable bonds is 8. The second kappa shape index (κ2) is 9.83. The van der Waals surface area contributed by atoms with Crippen molar-refractivity contribution in [3.8, 4) is 11.3 Å². The van der Waals surface area contributed by atoms with Gasteiger partial charge in [0.15, 0.2) is 5.65 Å². The summed E-state index contributed by atoms with van der Waals surface area (Å²) in [5.41, 5.74) is 4.87. The molecule has 1 saturated carbocycles. The molecule has 1 aliphatic carbocycles. The van der Waals surface area contributed by atoms with Crippen LogP contribution in [0.1, 0.15) is 36.3 Å². The lowest BCUT2D eigenvalue weighted by atomic mass is 9.95. The normalized spacial score (nSPS) is 19.9. The van der Waals surface area contributed by atoms with Gasteiger partial charge in [0.1, 0.15) is 17.5 Å². The molecule has 36 heavy (non-hydrogen) atoms. The van der Waals surface area contributed by atoms with Crippen molar-refractivity contribution in [1.29, 1.82) is 0 Å². The number of halogens is 1. The Kier molecular flexibility index (Phi) is 6.25. The quantitative estimate of drug-likeness (QED) is 0.300. The molecule has 1 aliphatic heterocycles. The molecular formula is C27H30FN7O. The lowest BCUT2D eigenvalue weighted by Crippen LogP contribution is -2.43. The Bertz CT molecular complexity index is 1340. The minimum Gasteiger partial charge on any atom is -0.391 e. The zero-order valence-corrected chi connectivity index (χ0v) is 20.0. The highest BCUT2D eigenvalue weighted by molar-refractivity contribution is 5.62. The molecule has 4 aromatic rings. The number of piperidine rings is 1. The third-order valence-corrected chi connectivity index (χ3v) is 7.10. The van der Waals surface area contributed by atoms with Crippen molar-refractivity contribution < 1.29 is 9.50 Å². The molecule has 186 valence electrons. The van der Waals surface area contributed by atoms with Crippen LogP contribution in [0.5, 0.6) is 0 Å². The summed E-state index contributed by atoms with van der Waals surface area (Å²) in [6.07, 6.45) is 6.12. The van der Waals surface area contributed by atoms with Crippen LogP contribution in [-0.4, -0.2) is 50.4 Å². The van der Waals surface area contributed by atoms with E-state index in [4.69, 9.17) is 4.98 Å². The summed E-state index contributed by atoms with van der Waals surface area (Å²) in [4.78, 5) is 9.05. The van der Waals surface area contributed by atoms with Gasteiger partial charge in [0.25, 0.3) is 0 Å². The van der Waals surface area contributed by atoms with E-state index in [0.29, 0.717) is 25.6 Å². The number of hydrogen-bond donors (Lipinski definition) is 4. The van der Waals surface area contributed by atoms with Crippen LogP contribution in [0.25, 0.3) is 16.9 Å². The molecule has 0 radical (unpaired) electrons. The molecule has 6 rings (SSSR count). The number of pyridine rings is 1. The van der Waals surface area contributed by atoms with Gasteiger partial charge in [-0.3, -0.25) is 4.98 Å². The van der Waals surface area contributed by atoms with Crippen LogP contribution >= 0.6 is 0 Å². The molecule has 0 amide bonds. The largest absolute Gasteiger partial charge is 0.391 e. The maximum Gasteiger partial charge on any atom is 0.163 e. The molecule has 2 fully saturated rings. The van der Waals surface area contributed by atoms with E-state index in [2.05, 4.69) is 26.0 Å². The average Bonchev–Trinajstić information content (AvgIpc) is 3.66. The Morgan fingerprint density at radius 2 is 1.92 bits per heavy atom. The first-order chi connectivity index (χ1) is 17.6. The number of fused-ring (bicyclic) bond motifs is 1.